The van der Waals surface area contributed by atoms with E-state index >= 15 is 0 Å². The van der Waals surface area contributed by atoms with Gasteiger partial charge in [0.05, 0.1) is 5.69 Å². The van der Waals surface area contributed by atoms with Crippen molar-refractivity contribution in [2.24, 2.45) is 0 Å². The van der Waals surface area contributed by atoms with Gasteiger partial charge in [0.25, 0.3) is 0 Å². The largest absolute Gasteiger partial charge is 0.505 e. The fourth-order valence-electron chi connectivity index (χ4n) is 3.11. The van der Waals surface area contributed by atoms with E-state index in [4.69, 9.17) is 0 Å². The van der Waals surface area contributed by atoms with Crippen molar-refractivity contribution in [3.8, 4) is 5.75 Å². The number of rotatable bonds is 5. The number of benzene rings is 2. The van der Waals surface area contributed by atoms with Crippen molar-refractivity contribution >= 4 is 11.4 Å². The number of hydrogen-bond acceptors (Lipinski definition) is 2. The van der Waals surface area contributed by atoms with Gasteiger partial charge >= 0.3 is 0 Å². The monoisotopic (exact) mass is 353 g/mol. The summed E-state index contributed by atoms with van der Waals surface area (Å²) in [7, 11) is 0. The van der Waals surface area contributed by atoms with Gasteiger partial charge in [-0.05, 0) is 46.9 Å². The Morgan fingerprint density at radius 3 is 2.12 bits per heavy atom. The molecule has 0 bridgehead atoms. The van der Waals surface area contributed by atoms with Crippen molar-refractivity contribution in [2.75, 3.05) is 5.32 Å². The van der Waals surface area contributed by atoms with Gasteiger partial charge in [0.2, 0.25) is 0 Å². The molecule has 0 spiro atoms. The molecule has 2 rings (SSSR count). The van der Waals surface area contributed by atoms with Crippen LogP contribution in [0.2, 0.25) is 0 Å². The lowest BCUT2D eigenvalue weighted by Crippen LogP contribution is -2.17. The third kappa shape index (κ3) is 4.81. The summed E-state index contributed by atoms with van der Waals surface area (Å²) < 4.78 is 0. The summed E-state index contributed by atoms with van der Waals surface area (Å²) in [6.07, 6.45) is 3.39. The summed E-state index contributed by atoms with van der Waals surface area (Å²) in [4.78, 5) is 0. The van der Waals surface area contributed by atoms with Crippen LogP contribution in [0, 0.1) is 0 Å². The van der Waals surface area contributed by atoms with Gasteiger partial charge in [-0.25, -0.2) is 0 Å². The molecule has 0 amide bonds. The van der Waals surface area contributed by atoms with Crippen molar-refractivity contribution in [3.63, 3.8) is 0 Å². The molecule has 2 aromatic rings. The molecule has 142 valence electrons. The van der Waals surface area contributed by atoms with Crippen LogP contribution in [0.5, 0.6) is 5.75 Å². The molecule has 0 heterocycles. The molecule has 0 aliphatic heterocycles. The second-order valence-corrected chi connectivity index (χ2v) is 9.31. The fraction of sp³-hybridized carbons (Fsp3) is 0.500. The highest BCUT2D eigenvalue weighted by atomic mass is 16.3. The number of anilines is 2. The maximum absolute atomic E-state index is 11.0. The second kappa shape index (κ2) is 7.73. The van der Waals surface area contributed by atoms with Gasteiger partial charge in [-0.3, -0.25) is 0 Å². The molecule has 0 radical (unpaired) electrons. The number of unbranched alkanes of at least 4 members (excludes halogenated alkanes) is 1. The van der Waals surface area contributed by atoms with Gasteiger partial charge in [-0.15, -0.1) is 0 Å². The van der Waals surface area contributed by atoms with E-state index in [0.717, 1.165) is 23.4 Å². The normalized spacial score (nSPS) is 12.3. The van der Waals surface area contributed by atoms with E-state index in [-0.39, 0.29) is 10.8 Å². The Kier molecular flexibility index (Phi) is 6.05. The Balaban J connectivity index is 2.53. The summed E-state index contributed by atoms with van der Waals surface area (Å²) in [5.74, 6) is 0.357. The van der Waals surface area contributed by atoms with Gasteiger partial charge < -0.3 is 10.4 Å². The minimum atomic E-state index is -0.122. The standard InChI is InChI=1S/C24H35NO/c1-8-9-12-17-13-10-11-14-20(17)25-21-16-18(23(2,3)4)15-19(22(21)26)24(5,6)7/h10-11,13-16,25-26H,8-9,12H2,1-7H3. The average Bonchev–Trinajstić information content (AvgIpc) is 2.53. The van der Waals surface area contributed by atoms with E-state index in [2.05, 4.69) is 84.1 Å². The lowest BCUT2D eigenvalue weighted by molar-refractivity contribution is 0.447. The molecule has 0 aromatic heterocycles. The zero-order chi connectivity index (χ0) is 19.5. The first-order chi connectivity index (χ1) is 12.0. The van der Waals surface area contributed by atoms with Crippen LogP contribution in [-0.2, 0) is 17.3 Å². The molecule has 0 unspecified atom stereocenters. The van der Waals surface area contributed by atoms with E-state index < -0.39 is 0 Å². The second-order valence-electron chi connectivity index (χ2n) is 9.31. The van der Waals surface area contributed by atoms with Gasteiger partial charge in [-0.1, -0.05) is 79.2 Å². The van der Waals surface area contributed by atoms with Gasteiger partial charge in [0.1, 0.15) is 5.75 Å². The topological polar surface area (TPSA) is 32.3 Å². The van der Waals surface area contributed by atoms with Gasteiger partial charge in [0, 0.05) is 11.3 Å². The Bertz CT molecular complexity index is 748. The number of phenols is 1. The molecule has 0 saturated heterocycles. The van der Waals surface area contributed by atoms with Crippen LogP contribution in [0.4, 0.5) is 11.4 Å². The van der Waals surface area contributed by atoms with Crippen LogP contribution >= 0.6 is 0 Å². The highest BCUT2D eigenvalue weighted by molar-refractivity contribution is 5.72. The number of aromatic hydroxyl groups is 1. The van der Waals surface area contributed by atoms with Crippen LogP contribution in [0.15, 0.2) is 36.4 Å². The number of hydrogen-bond donors (Lipinski definition) is 2. The maximum Gasteiger partial charge on any atom is 0.142 e. The molecule has 0 aliphatic carbocycles. The number of aryl methyl sites for hydroxylation is 1. The van der Waals surface area contributed by atoms with Crippen molar-refractivity contribution in [1.82, 2.24) is 0 Å². The zero-order valence-corrected chi connectivity index (χ0v) is 17.5. The molecule has 2 heteroatoms. The van der Waals surface area contributed by atoms with Gasteiger partial charge in [0.15, 0.2) is 0 Å². The molecule has 2 aromatic carbocycles. The minimum absolute atomic E-state index is 0.0197. The first-order valence-corrected chi connectivity index (χ1v) is 9.77. The average molecular weight is 354 g/mol. The lowest BCUT2D eigenvalue weighted by Gasteiger charge is -2.28. The van der Waals surface area contributed by atoms with Crippen molar-refractivity contribution in [1.29, 1.82) is 0 Å². The van der Waals surface area contributed by atoms with Crippen LogP contribution in [0.1, 0.15) is 78.0 Å². The fourth-order valence-corrected chi connectivity index (χ4v) is 3.11. The molecule has 0 aliphatic rings. The molecule has 2 nitrogen and oxygen atoms in total. The minimum Gasteiger partial charge on any atom is -0.505 e. The molecule has 2 N–H and O–H groups in total. The van der Waals surface area contributed by atoms with Crippen LogP contribution in [-0.4, -0.2) is 5.11 Å². The predicted molar refractivity (Wildman–Crippen MR) is 114 cm³/mol. The SMILES string of the molecule is CCCCc1ccccc1Nc1cc(C(C)(C)C)cc(C(C)(C)C)c1O. The van der Waals surface area contributed by atoms with Crippen LogP contribution in [0.25, 0.3) is 0 Å². The molecule has 0 fully saturated rings. The van der Waals surface area contributed by atoms with Gasteiger partial charge in [-0.2, -0.15) is 0 Å². The predicted octanol–water partition coefficient (Wildman–Crippen LogP) is 7.07. The molecular weight excluding hydrogens is 318 g/mol. The smallest absolute Gasteiger partial charge is 0.142 e. The Morgan fingerprint density at radius 1 is 0.885 bits per heavy atom. The first-order valence-electron chi connectivity index (χ1n) is 9.77. The Hall–Kier alpha value is -1.96. The summed E-state index contributed by atoms with van der Waals surface area (Å²) in [6.45, 7) is 15.3. The highest BCUT2D eigenvalue weighted by Gasteiger charge is 2.25. The van der Waals surface area contributed by atoms with E-state index in [0.29, 0.717) is 5.75 Å². The number of nitrogens with one attached hydrogen (secondary N) is 1. The van der Waals surface area contributed by atoms with E-state index in [1.54, 1.807) is 0 Å². The third-order valence-corrected chi connectivity index (χ3v) is 4.87. The molecule has 26 heavy (non-hydrogen) atoms. The van der Waals surface area contributed by atoms with E-state index in [9.17, 15) is 5.11 Å². The Morgan fingerprint density at radius 2 is 1.54 bits per heavy atom. The summed E-state index contributed by atoms with van der Waals surface area (Å²) >= 11 is 0. The first kappa shape index (κ1) is 20.4. The zero-order valence-electron chi connectivity index (χ0n) is 17.5. The molecular formula is C24H35NO. The lowest BCUT2D eigenvalue weighted by atomic mass is 9.79. The summed E-state index contributed by atoms with van der Waals surface area (Å²) in [5.41, 5.74) is 5.29. The van der Waals surface area contributed by atoms with E-state index in [1.165, 1.54) is 24.0 Å². The van der Waals surface area contributed by atoms with Crippen molar-refractivity contribution in [2.45, 2.75) is 78.6 Å². The van der Waals surface area contributed by atoms with E-state index in [1.807, 2.05) is 6.07 Å². The van der Waals surface area contributed by atoms with Crippen LogP contribution < -0.4 is 5.32 Å². The number of para-hydroxylation sites is 1. The molecule has 0 atom stereocenters. The Labute approximate surface area is 159 Å². The summed E-state index contributed by atoms with van der Waals surface area (Å²) in [5, 5.41) is 14.5. The van der Waals surface area contributed by atoms with Crippen molar-refractivity contribution in [3.05, 3.63) is 53.1 Å². The highest BCUT2D eigenvalue weighted by Crippen LogP contribution is 2.41. The van der Waals surface area contributed by atoms with Crippen LogP contribution in [0.3, 0.4) is 0 Å². The van der Waals surface area contributed by atoms with Crippen molar-refractivity contribution < 1.29 is 5.11 Å². The quantitative estimate of drug-likeness (QED) is 0.563. The summed E-state index contributed by atoms with van der Waals surface area (Å²) in [6, 6.07) is 12.7. The maximum atomic E-state index is 11.0. The third-order valence-electron chi connectivity index (χ3n) is 4.87. The number of phenolic OH excluding ortho intramolecular Hbond substituents is 1. The molecule has 0 saturated carbocycles.